The van der Waals surface area contributed by atoms with Crippen LogP contribution in [0.3, 0.4) is 0 Å². The summed E-state index contributed by atoms with van der Waals surface area (Å²) in [6, 6.07) is 1.89. The van der Waals surface area contributed by atoms with Gasteiger partial charge in [-0.1, -0.05) is 0 Å². The highest BCUT2D eigenvalue weighted by atomic mass is 79.9. The van der Waals surface area contributed by atoms with E-state index < -0.39 is 0 Å². The maximum absolute atomic E-state index is 4.92. The zero-order chi connectivity index (χ0) is 5.98. The van der Waals surface area contributed by atoms with Crippen LogP contribution in [0.15, 0.2) is 21.4 Å². The molecule has 0 N–H and O–H groups in total. The highest BCUT2D eigenvalue weighted by molar-refractivity contribution is 9.10. The Kier molecular flexibility index (Phi) is 2.02. The van der Waals surface area contributed by atoms with Crippen LogP contribution < -0.4 is 0 Å². The van der Waals surface area contributed by atoms with Gasteiger partial charge in [0.15, 0.2) is 4.67 Å². The number of hydrogen-bond acceptors (Lipinski definition) is 2. The monoisotopic (exact) mass is 192 g/mol. The largest absolute Gasteiger partial charge is 0.457 e. The first-order valence-corrected chi connectivity index (χ1v) is 3.60. The van der Waals surface area contributed by atoms with Crippen molar-refractivity contribution in [3.63, 3.8) is 0 Å². The van der Waals surface area contributed by atoms with Gasteiger partial charge in [-0.05, 0) is 22.0 Å². The molecule has 0 radical (unpaired) electrons. The van der Waals surface area contributed by atoms with E-state index in [0.29, 0.717) is 0 Å². The van der Waals surface area contributed by atoms with Crippen LogP contribution in [0, 0.1) is 0 Å². The molecule has 0 unspecified atom stereocenters. The van der Waals surface area contributed by atoms with Crippen molar-refractivity contribution in [2.75, 3.05) is 0 Å². The van der Waals surface area contributed by atoms with E-state index in [-0.39, 0.29) is 0 Å². The van der Waals surface area contributed by atoms with Gasteiger partial charge in [-0.2, -0.15) is 12.6 Å². The molecular weight excluding hydrogens is 188 g/mol. The molecule has 1 nitrogen and oxygen atoms in total. The highest BCUT2D eigenvalue weighted by Gasteiger charge is 1.96. The molecule has 0 bridgehead atoms. The zero-order valence-corrected chi connectivity index (χ0v) is 6.58. The average Bonchev–Trinajstić information content (AvgIpc) is 2.14. The van der Waals surface area contributed by atoms with Crippen molar-refractivity contribution in [2.45, 2.75) is 5.75 Å². The smallest absolute Gasteiger partial charge is 0.172 e. The number of thiol groups is 1. The van der Waals surface area contributed by atoms with Gasteiger partial charge in [0.25, 0.3) is 0 Å². The fraction of sp³-hybridized carbons (Fsp3) is 0.200. The van der Waals surface area contributed by atoms with Crippen molar-refractivity contribution in [2.24, 2.45) is 0 Å². The maximum Gasteiger partial charge on any atom is 0.172 e. The van der Waals surface area contributed by atoms with Crippen molar-refractivity contribution in [3.8, 4) is 0 Å². The van der Waals surface area contributed by atoms with Crippen molar-refractivity contribution < 1.29 is 4.42 Å². The molecule has 0 aliphatic heterocycles. The summed E-state index contributed by atoms with van der Waals surface area (Å²) in [6.07, 6.45) is 1.63. The average molecular weight is 193 g/mol. The molecular formula is C5H5BrOS. The van der Waals surface area contributed by atoms with E-state index in [4.69, 9.17) is 4.42 Å². The second kappa shape index (κ2) is 2.60. The molecule has 0 amide bonds. The van der Waals surface area contributed by atoms with E-state index in [1.807, 2.05) is 6.07 Å². The minimum atomic E-state index is 0.719. The second-order valence-electron chi connectivity index (χ2n) is 1.38. The molecule has 1 aromatic heterocycles. The Bertz CT molecular complexity index is 173. The summed E-state index contributed by atoms with van der Waals surface area (Å²) in [7, 11) is 0. The predicted molar refractivity (Wildman–Crippen MR) is 39.1 cm³/mol. The molecule has 0 fully saturated rings. The van der Waals surface area contributed by atoms with Gasteiger partial charge >= 0.3 is 0 Å². The Labute approximate surface area is 61.6 Å². The lowest BCUT2D eigenvalue weighted by molar-refractivity contribution is 0.538. The zero-order valence-electron chi connectivity index (χ0n) is 4.10. The van der Waals surface area contributed by atoms with Gasteiger partial charge in [0, 0.05) is 11.3 Å². The molecule has 0 aliphatic carbocycles. The van der Waals surface area contributed by atoms with E-state index in [1.165, 1.54) is 0 Å². The Hall–Kier alpha value is 0.110. The third kappa shape index (κ3) is 1.09. The van der Waals surface area contributed by atoms with E-state index in [9.17, 15) is 0 Å². The SMILES string of the molecule is SCc1ccoc1Br. The van der Waals surface area contributed by atoms with Crippen LogP contribution >= 0.6 is 28.6 Å². The molecule has 44 valence electrons. The van der Waals surface area contributed by atoms with Crippen molar-refractivity contribution in [1.82, 2.24) is 0 Å². The van der Waals surface area contributed by atoms with Gasteiger partial charge < -0.3 is 4.42 Å². The molecule has 1 heterocycles. The summed E-state index contributed by atoms with van der Waals surface area (Å²) in [5, 5.41) is 0. The topological polar surface area (TPSA) is 13.1 Å². The molecule has 0 aromatic carbocycles. The minimum absolute atomic E-state index is 0.719. The maximum atomic E-state index is 4.92. The summed E-state index contributed by atoms with van der Waals surface area (Å²) < 4.78 is 5.71. The van der Waals surface area contributed by atoms with Crippen LogP contribution in [0.4, 0.5) is 0 Å². The number of rotatable bonds is 1. The van der Waals surface area contributed by atoms with Crippen LogP contribution in [0.5, 0.6) is 0 Å². The van der Waals surface area contributed by atoms with Crippen molar-refractivity contribution >= 4 is 28.6 Å². The van der Waals surface area contributed by atoms with Gasteiger partial charge in [0.05, 0.1) is 6.26 Å². The molecule has 3 heteroatoms. The minimum Gasteiger partial charge on any atom is -0.457 e. The lowest BCUT2D eigenvalue weighted by Gasteiger charge is -1.83. The van der Waals surface area contributed by atoms with E-state index in [2.05, 4.69) is 28.6 Å². The number of hydrogen-bond donors (Lipinski definition) is 1. The van der Waals surface area contributed by atoms with Crippen molar-refractivity contribution in [3.05, 3.63) is 22.6 Å². The number of furan rings is 1. The van der Waals surface area contributed by atoms with Gasteiger partial charge in [-0.25, -0.2) is 0 Å². The van der Waals surface area contributed by atoms with Gasteiger partial charge in [-0.15, -0.1) is 0 Å². The van der Waals surface area contributed by atoms with Crippen LogP contribution in [0.1, 0.15) is 5.56 Å². The van der Waals surface area contributed by atoms with E-state index in [1.54, 1.807) is 6.26 Å². The predicted octanol–water partition coefficient (Wildman–Crippen LogP) is 2.47. The van der Waals surface area contributed by atoms with Gasteiger partial charge in [-0.3, -0.25) is 0 Å². The molecule has 0 atom stereocenters. The fourth-order valence-electron chi connectivity index (χ4n) is 0.432. The molecule has 0 saturated heterocycles. The summed E-state index contributed by atoms with van der Waals surface area (Å²) in [5.74, 6) is 0.719. The fourth-order valence-corrected chi connectivity index (χ4v) is 1.28. The number of halogens is 1. The van der Waals surface area contributed by atoms with Crippen molar-refractivity contribution in [1.29, 1.82) is 0 Å². The standard InChI is InChI=1S/C5H5BrOS/c6-5-4(3-8)1-2-7-5/h1-2,8H,3H2. The normalized spacial score (nSPS) is 9.75. The summed E-state index contributed by atoms with van der Waals surface area (Å²) in [4.78, 5) is 0. The lowest BCUT2D eigenvalue weighted by Crippen LogP contribution is -1.67. The van der Waals surface area contributed by atoms with Crippen LogP contribution in [0.2, 0.25) is 0 Å². The Balaban J connectivity index is 2.92. The molecule has 1 rings (SSSR count). The molecule has 8 heavy (non-hydrogen) atoms. The molecule has 0 spiro atoms. The first-order chi connectivity index (χ1) is 3.84. The summed E-state index contributed by atoms with van der Waals surface area (Å²) >= 11 is 7.27. The Morgan fingerprint density at radius 2 is 2.50 bits per heavy atom. The van der Waals surface area contributed by atoms with Gasteiger partial charge in [0.2, 0.25) is 0 Å². The van der Waals surface area contributed by atoms with E-state index >= 15 is 0 Å². The molecule has 0 aliphatic rings. The van der Waals surface area contributed by atoms with Crippen LogP contribution in [-0.4, -0.2) is 0 Å². The van der Waals surface area contributed by atoms with Crippen LogP contribution in [-0.2, 0) is 5.75 Å². The second-order valence-corrected chi connectivity index (χ2v) is 2.41. The quantitative estimate of drug-likeness (QED) is 0.676. The third-order valence-electron chi connectivity index (χ3n) is 0.864. The molecule has 1 aromatic rings. The highest BCUT2D eigenvalue weighted by Crippen LogP contribution is 2.18. The van der Waals surface area contributed by atoms with Gasteiger partial charge in [0.1, 0.15) is 0 Å². The first kappa shape index (κ1) is 6.23. The third-order valence-corrected chi connectivity index (χ3v) is 1.90. The Morgan fingerprint density at radius 1 is 1.75 bits per heavy atom. The lowest BCUT2D eigenvalue weighted by atomic mass is 10.4. The van der Waals surface area contributed by atoms with E-state index in [0.717, 1.165) is 16.0 Å². The van der Waals surface area contributed by atoms with Crippen LogP contribution in [0.25, 0.3) is 0 Å². The molecule has 0 saturated carbocycles. The first-order valence-electron chi connectivity index (χ1n) is 2.17. The Morgan fingerprint density at radius 3 is 2.75 bits per heavy atom. The summed E-state index contributed by atoms with van der Waals surface area (Å²) in [6.45, 7) is 0. The summed E-state index contributed by atoms with van der Waals surface area (Å²) in [5.41, 5.74) is 1.09.